The highest BCUT2D eigenvalue weighted by Crippen LogP contribution is 2.36. The summed E-state index contributed by atoms with van der Waals surface area (Å²) in [6, 6.07) is 0. The van der Waals surface area contributed by atoms with E-state index in [2.05, 4.69) is 37.2 Å². The van der Waals surface area contributed by atoms with Crippen molar-refractivity contribution >= 4 is 41.7 Å². The normalized spacial score (nSPS) is 24.9. The van der Waals surface area contributed by atoms with Crippen LogP contribution in [0.4, 0.5) is 0 Å². The molecule has 2 aliphatic heterocycles. The Morgan fingerprint density at radius 1 is 0.962 bits per heavy atom. The molecule has 3 fully saturated rings. The first kappa shape index (κ1) is 22.6. The van der Waals surface area contributed by atoms with Gasteiger partial charge in [0, 0.05) is 56.8 Å². The monoisotopic (exact) mass is 495 g/mol. The lowest BCUT2D eigenvalue weighted by Gasteiger charge is -2.43. The minimum atomic E-state index is 0. The Morgan fingerprint density at radius 2 is 1.65 bits per heavy atom. The third kappa shape index (κ3) is 6.41. The second-order valence-electron chi connectivity index (χ2n) is 7.79. The fourth-order valence-electron chi connectivity index (χ4n) is 4.66. The first-order valence-electron chi connectivity index (χ1n) is 10.3. The molecule has 152 valence electrons. The number of nitrogens with one attached hydrogen (secondary N) is 2. The molecule has 1 saturated carbocycles. The summed E-state index contributed by atoms with van der Waals surface area (Å²) in [4.78, 5) is 9.81. The van der Waals surface area contributed by atoms with E-state index in [9.17, 15) is 0 Å². The maximum absolute atomic E-state index is 4.46. The standard InChI is InChI=1S/C19H37N5S.HI/c1-20-18(21-9-12-23-10-5-2-6-11-23)22-17-19(7-3-4-8-19)24-13-15-25-16-14-24;/h2-17H2,1H3,(H2,20,21,22);1H. The second kappa shape index (κ2) is 12.0. The van der Waals surface area contributed by atoms with Crippen LogP contribution >= 0.6 is 35.7 Å². The first-order valence-corrected chi connectivity index (χ1v) is 11.5. The Bertz CT molecular complexity index is 416. The number of thioether (sulfide) groups is 1. The van der Waals surface area contributed by atoms with Crippen LogP contribution in [0.15, 0.2) is 4.99 Å². The molecule has 2 N–H and O–H groups in total. The molecule has 7 heteroatoms. The summed E-state index contributed by atoms with van der Waals surface area (Å²) in [6.07, 6.45) is 9.58. The Balaban J connectivity index is 0.00000243. The van der Waals surface area contributed by atoms with Crippen molar-refractivity contribution in [3.63, 3.8) is 0 Å². The van der Waals surface area contributed by atoms with Gasteiger partial charge in [0.05, 0.1) is 0 Å². The summed E-state index contributed by atoms with van der Waals surface area (Å²) in [6.45, 7) is 8.22. The van der Waals surface area contributed by atoms with Gasteiger partial charge in [0.1, 0.15) is 0 Å². The molecule has 3 aliphatic rings. The first-order chi connectivity index (χ1) is 12.3. The van der Waals surface area contributed by atoms with Crippen LogP contribution < -0.4 is 10.6 Å². The molecule has 0 aromatic rings. The summed E-state index contributed by atoms with van der Waals surface area (Å²) in [5.74, 6) is 3.57. The van der Waals surface area contributed by atoms with Crippen molar-refractivity contribution in [2.45, 2.75) is 50.5 Å². The second-order valence-corrected chi connectivity index (χ2v) is 9.01. The summed E-state index contributed by atoms with van der Waals surface area (Å²) < 4.78 is 0. The maximum atomic E-state index is 4.46. The van der Waals surface area contributed by atoms with Gasteiger partial charge in [0.25, 0.3) is 0 Å². The Hall–Kier alpha value is 0.270. The van der Waals surface area contributed by atoms with E-state index in [1.54, 1.807) is 0 Å². The van der Waals surface area contributed by atoms with Gasteiger partial charge in [0.15, 0.2) is 5.96 Å². The molecule has 5 nitrogen and oxygen atoms in total. The number of rotatable bonds is 6. The highest BCUT2D eigenvalue weighted by Gasteiger charge is 2.39. The van der Waals surface area contributed by atoms with Gasteiger partial charge in [0.2, 0.25) is 0 Å². The van der Waals surface area contributed by atoms with Crippen molar-refractivity contribution in [1.29, 1.82) is 0 Å². The predicted octanol–water partition coefficient (Wildman–Crippen LogP) is 2.62. The SMILES string of the molecule is CN=C(NCCN1CCCCC1)NCC1(N2CCSCC2)CCCC1.I. The molecule has 0 bridgehead atoms. The van der Waals surface area contributed by atoms with Gasteiger partial charge in [-0.1, -0.05) is 19.3 Å². The molecule has 0 aromatic heterocycles. The molecular weight excluding hydrogens is 457 g/mol. The summed E-state index contributed by atoms with van der Waals surface area (Å²) in [7, 11) is 1.90. The topological polar surface area (TPSA) is 42.9 Å². The van der Waals surface area contributed by atoms with E-state index < -0.39 is 0 Å². The van der Waals surface area contributed by atoms with Gasteiger partial charge >= 0.3 is 0 Å². The van der Waals surface area contributed by atoms with E-state index in [4.69, 9.17) is 0 Å². The van der Waals surface area contributed by atoms with Crippen molar-refractivity contribution in [3.05, 3.63) is 0 Å². The van der Waals surface area contributed by atoms with Gasteiger partial charge < -0.3 is 15.5 Å². The molecule has 2 heterocycles. The van der Waals surface area contributed by atoms with Gasteiger partial charge in [-0.25, -0.2) is 0 Å². The summed E-state index contributed by atoms with van der Waals surface area (Å²) >= 11 is 2.11. The zero-order chi connectivity index (χ0) is 17.4. The Morgan fingerprint density at radius 3 is 2.31 bits per heavy atom. The highest BCUT2D eigenvalue weighted by molar-refractivity contribution is 14.0. The molecule has 0 unspecified atom stereocenters. The number of halogens is 1. The van der Waals surface area contributed by atoms with Crippen LogP contribution in [-0.4, -0.2) is 85.7 Å². The molecule has 26 heavy (non-hydrogen) atoms. The van der Waals surface area contributed by atoms with Crippen LogP contribution in [-0.2, 0) is 0 Å². The largest absolute Gasteiger partial charge is 0.355 e. The third-order valence-corrected chi connectivity index (χ3v) is 7.14. The van der Waals surface area contributed by atoms with Gasteiger partial charge in [-0.15, -0.1) is 24.0 Å². The van der Waals surface area contributed by atoms with Crippen LogP contribution in [0.5, 0.6) is 0 Å². The minimum Gasteiger partial charge on any atom is -0.355 e. The van der Waals surface area contributed by atoms with E-state index in [0.717, 1.165) is 25.6 Å². The van der Waals surface area contributed by atoms with Gasteiger partial charge in [-0.2, -0.15) is 11.8 Å². The van der Waals surface area contributed by atoms with E-state index in [1.807, 2.05) is 7.05 Å². The van der Waals surface area contributed by atoms with Crippen LogP contribution in [0.25, 0.3) is 0 Å². The molecule has 2 saturated heterocycles. The number of likely N-dealkylation sites (tertiary alicyclic amines) is 1. The number of hydrogen-bond donors (Lipinski definition) is 2. The lowest BCUT2D eigenvalue weighted by atomic mass is 9.94. The number of guanidine groups is 1. The average molecular weight is 496 g/mol. The molecule has 0 atom stereocenters. The van der Waals surface area contributed by atoms with E-state index in [-0.39, 0.29) is 24.0 Å². The summed E-state index contributed by atoms with van der Waals surface area (Å²) in [5.41, 5.74) is 0.367. The van der Waals surface area contributed by atoms with Crippen LogP contribution in [0.3, 0.4) is 0 Å². The smallest absolute Gasteiger partial charge is 0.191 e. The maximum Gasteiger partial charge on any atom is 0.191 e. The minimum absolute atomic E-state index is 0. The zero-order valence-corrected chi connectivity index (χ0v) is 19.6. The predicted molar refractivity (Wildman–Crippen MR) is 125 cm³/mol. The third-order valence-electron chi connectivity index (χ3n) is 6.19. The molecule has 0 amide bonds. The van der Waals surface area contributed by atoms with Crippen LogP contribution in [0.2, 0.25) is 0 Å². The molecule has 1 aliphatic carbocycles. The lowest BCUT2D eigenvalue weighted by Crippen LogP contribution is -2.57. The zero-order valence-electron chi connectivity index (χ0n) is 16.5. The number of piperidine rings is 1. The van der Waals surface area contributed by atoms with Crippen molar-refractivity contribution < 1.29 is 0 Å². The highest BCUT2D eigenvalue weighted by atomic mass is 127. The van der Waals surface area contributed by atoms with Gasteiger partial charge in [-0.3, -0.25) is 9.89 Å². The van der Waals surface area contributed by atoms with Crippen LogP contribution in [0.1, 0.15) is 44.9 Å². The molecular formula is C19H38IN5S. The fraction of sp³-hybridized carbons (Fsp3) is 0.947. The number of aliphatic imine (C=N–C) groups is 1. The Kier molecular flexibility index (Phi) is 10.4. The molecule has 0 spiro atoms. The molecule has 0 radical (unpaired) electrons. The van der Waals surface area contributed by atoms with E-state index >= 15 is 0 Å². The van der Waals surface area contributed by atoms with E-state index in [1.165, 1.54) is 82.6 Å². The number of hydrogen-bond acceptors (Lipinski definition) is 4. The quantitative estimate of drug-likeness (QED) is 0.337. The van der Waals surface area contributed by atoms with Crippen molar-refractivity contribution in [2.24, 2.45) is 4.99 Å². The van der Waals surface area contributed by atoms with Gasteiger partial charge in [-0.05, 0) is 38.8 Å². The van der Waals surface area contributed by atoms with Crippen molar-refractivity contribution in [3.8, 4) is 0 Å². The Labute approximate surface area is 181 Å². The van der Waals surface area contributed by atoms with Crippen molar-refractivity contribution in [1.82, 2.24) is 20.4 Å². The number of nitrogens with zero attached hydrogens (tertiary/aromatic N) is 3. The molecule has 0 aromatic carbocycles. The van der Waals surface area contributed by atoms with E-state index in [0.29, 0.717) is 5.54 Å². The summed E-state index contributed by atoms with van der Waals surface area (Å²) in [5, 5.41) is 7.19. The average Bonchev–Trinajstić information content (AvgIpc) is 3.16. The molecule has 3 rings (SSSR count). The fourth-order valence-corrected chi connectivity index (χ4v) is 5.56. The van der Waals surface area contributed by atoms with Crippen molar-refractivity contribution in [2.75, 3.05) is 64.4 Å². The lowest BCUT2D eigenvalue weighted by molar-refractivity contribution is 0.107. The van der Waals surface area contributed by atoms with Crippen LogP contribution in [0, 0.1) is 0 Å².